The Hall–Kier alpha value is -1.65. The molecule has 0 fully saturated rings. The molecule has 0 unspecified atom stereocenters. The largest absolute Gasteiger partial charge is 0.350 e. The summed E-state index contributed by atoms with van der Waals surface area (Å²) in [5, 5.41) is 7.26. The van der Waals surface area contributed by atoms with E-state index in [2.05, 4.69) is 27.0 Å². The Kier molecular flexibility index (Phi) is 5.15. The Labute approximate surface area is 130 Å². The van der Waals surface area contributed by atoms with Gasteiger partial charge in [-0.3, -0.25) is 4.79 Å². The van der Waals surface area contributed by atoms with Crippen LogP contribution in [0.4, 0.5) is 0 Å². The molecule has 3 nitrogen and oxygen atoms in total. The molecule has 112 valence electrons. The van der Waals surface area contributed by atoms with Crippen LogP contribution in [0.2, 0.25) is 0 Å². The Bertz CT molecular complexity index is 605. The fourth-order valence-corrected chi connectivity index (χ4v) is 3.05. The maximum Gasteiger partial charge on any atom is 0.251 e. The van der Waals surface area contributed by atoms with Crippen LogP contribution in [-0.4, -0.2) is 31.4 Å². The van der Waals surface area contributed by atoms with Gasteiger partial charge >= 0.3 is 0 Å². The number of thiophene rings is 1. The lowest BCUT2D eigenvalue weighted by Gasteiger charge is -2.24. The van der Waals surface area contributed by atoms with E-state index < -0.39 is 0 Å². The molecule has 0 spiro atoms. The van der Waals surface area contributed by atoms with Crippen molar-refractivity contribution >= 4 is 17.2 Å². The lowest BCUT2D eigenvalue weighted by Crippen LogP contribution is -2.34. The molecule has 21 heavy (non-hydrogen) atoms. The number of rotatable bonds is 5. The molecule has 0 aliphatic rings. The molecule has 0 aliphatic heterocycles. The van der Waals surface area contributed by atoms with Gasteiger partial charge in [-0.25, -0.2) is 0 Å². The minimum absolute atomic E-state index is 0.00159. The van der Waals surface area contributed by atoms with Crippen molar-refractivity contribution in [2.75, 3.05) is 20.6 Å². The maximum absolute atomic E-state index is 12.4. The minimum Gasteiger partial charge on any atom is -0.350 e. The van der Waals surface area contributed by atoms with Gasteiger partial charge in [0.1, 0.15) is 0 Å². The van der Waals surface area contributed by atoms with E-state index in [1.165, 1.54) is 5.56 Å². The van der Waals surface area contributed by atoms with Gasteiger partial charge in [0.2, 0.25) is 0 Å². The van der Waals surface area contributed by atoms with Gasteiger partial charge in [-0.05, 0) is 67.5 Å². The summed E-state index contributed by atoms with van der Waals surface area (Å²) in [5.41, 5.74) is 4.20. The summed E-state index contributed by atoms with van der Waals surface area (Å²) in [6.07, 6.45) is 0. The second-order valence-electron chi connectivity index (χ2n) is 5.49. The van der Waals surface area contributed by atoms with Crippen molar-refractivity contribution in [2.45, 2.75) is 19.9 Å². The second-order valence-corrected chi connectivity index (χ2v) is 6.27. The lowest BCUT2D eigenvalue weighted by atomic mass is 10.0. The molecular formula is C17H22N2OS. The monoisotopic (exact) mass is 302 g/mol. The van der Waals surface area contributed by atoms with Gasteiger partial charge in [0, 0.05) is 12.1 Å². The van der Waals surface area contributed by atoms with Crippen LogP contribution in [-0.2, 0) is 0 Å². The molecule has 0 radical (unpaired) electrons. The van der Waals surface area contributed by atoms with Crippen LogP contribution in [0.25, 0.3) is 0 Å². The Morgan fingerprint density at radius 3 is 2.67 bits per heavy atom. The van der Waals surface area contributed by atoms with Gasteiger partial charge in [-0.1, -0.05) is 12.1 Å². The van der Waals surface area contributed by atoms with Gasteiger partial charge in [0.05, 0.1) is 6.04 Å². The maximum atomic E-state index is 12.4. The van der Waals surface area contributed by atoms with Gasteiger partial charge in [-0.2, -0.15) is 11.3 Å². The third-order valence-corrected chi connectivity index (χ3v) is 4.56. The molecule has 4 heteroatoms. The van der Waals surface area contributed by atoms with Crippen LogP contribution in [0.15, 0.2) is 35.0 Å². The fourth-order valence-electron chi connectivity index (χ4n) is 2.34. The van der Waals surface area contributed by atoms with Gasteiger partial charge in [0.15, 0.2) is 0 Å². The van der Waals surface area contributed by atoms with Crippen LogP contribution < -0.4 is 5.32 Å². The van der Waals surface area contributed by atoms with E-state index in [1.807, 2.05) is 46.1 Å². The van der Waals surface area contributed by atoms with E-state index in [4.69, 9.17) is 0 Å². The normalized spacial score (nSPS) is 12.4. The second kappa shape index (κ2) is 6.87. The van der Waals surface area contributed by atoms with Crippen LogP contribution in [0.1, 0.15) is 33.1 Å². The average molecular weight is 302 g/mol. The van der Waals surface area contributed by atoms with Gasteiger partial charge in [0.25, 0.3) is 5.91 Å². The highest BCUT2D eigenvalue weighted by Crippen LogP contribution is 2.20. The first-order valence-corrected chi connectivity index (χ1v) is 7.98. The number of carbonyl (C=O) groups excluding carboxylic acids is 1. The number of hydrogen-bond donors (Lipinski definition) is 1. The molecule has 2 aromatic rings. The molecule has 1 aromatic heterocycles. The summed E-state index contributed by atoms with van der Waals surface area (Å²) in [5.74, 6) is -0.00159. The molecule has 1 heterocycles. The minimum atomic E-state index is -0.00159. The summed E-state index contributed by atoms with van der Waals surface area (Å²) in [4.78, 5) is 14.5. The molecule has 2 rings (SSSR count). The molecule has 0 bridgehead atoms. The van der Waals surface area contributed by atoms with E-state index in [-0.39, 0.29) is 11.9 Å². The quantitative estimate of drug-likeness (QED) is 0.918. The van der Waals surface area contributed by atoms with Crippen LogP contribution in [0.3, 0.4) is 0 Å². The zero-order chi connectivity index (χ0) is 15.4. The zero-order valence-electron chi connectivity index (χ0n) is 13.0. The Balaban J connectivity index is 2.07. The molecule has 1 amide bonds. The highest BCUT2D eigenvalue weighted by molar-refractivity contribution is 7.07. The first-order chi connectivity index (χ1) is 10.0. The molecule has 0 saturated heterocycles. The molecular weight excluding hydrogens is 280 g/mol. The van der Waals surface area contributed by atoms with Crippen molar-refractivity contribution in [3.63, 3.8) is 0 Å². The summed E-state index contributed by atoms with van der Waals surface area (Å²) < 4.78 is 0. The van der Waals surface area contributed by atoms with Gasteiger partial charge in [-0.15, -0.1) is 0 Å². The highest BCUT2D eigenvalue weighted by Gasteiger charge is 2.17. The topological polar surface area (TPSA) is 32.3 Å². The van der Waals surface area contributed by atoms with E-state index in [0.717, 1.165) is 16.7 Å². The Morgan fingerprint density at radius 2 is 2.05 bits per heavy atom. The van der Waals surface area contributed by atoms with Crippen molar-refractivity contribution in [1.29, 1.82) is 0 Å². The van der Waals surface area contributed by atoms with Crippen molar-refractivity contribution in [2.24, 2.45) is 0 Å². The zero-order valence-corrected chi connectivity index (χ0v) is 13.8. The van der Waals surface area contributed by atoms with E-state index >= 15 is 0 Å². The van der Waals surface area contributed by atoms with E-state index in [9.17, 15) is 4.79 Å². The predicted molar refractivity (Wildman–Crippen MR) is 89.0 cm³/mol. The van der Waals surface area contributed by atoms with Crippen molar-refractivity contribution < 1.29 is 4.79 Å². The third kappa shape index (κ3) is 3.71. The summed E-state index contributed by atoms with van der Waals surface area (Å²) in [7, 11) is 4.07. The molecule has 1 aromatic carbocycles. The number of aryl methyl sites for hydroxylation is 1. The lowest BCUT2D eigenvalue weighted by molar-refractivity contribution is 0.0941. The van der Waals surface area contributed by atoms with Crippen LogP contribution in [0, 0.1) is 13.8 Å². The first-order valence-electron chi connectivity index (χ1n) is 7.03. The predicted octanol–water partition coefficient (Wildman–Crippen LogP) is 3.40. The molecule has 1 N–H and O–H groups in total. The van der Waals surface area contributed by atoms with Crippen LogP contribution in [0.5, 0.6) is 0 Å². The smallest absolute Gasteiger partial charge is 0.251 e. The number of nitrogens with zero attached hydrogens (tertiary/aromatic N) is 1. The SMILES string of the molecule is Cc1cccc(C(=O)NC[C@H](c2ccsc2)N(C)C)c1C. The highest BCUT2D eigenvalue weighted by atomic mass is 32.1. The number of amides is 1. The number of nitrogens with one attached hydrogen (secondary N) is 1. The fraction of sp³-hybridized carbons (Fsp3) is 0.353. The number of likely N-dealkylation sites (N-methyl/N-ethyl adjacent to an activating group) is 1. The average Bonchev–Trinajstić information content (AvgIpc) is 2.95. The standard InChI is InChI=1S/C17H22N2OS/c1-12-6-5-7-15(13(12)2)17(20)18-10-16(19(3)4)14-8-9-21-11-14/h5-9,11,16H,10H2,1-4H3,(H,18,20)/t16-/m1/s1. The molecule has 0 saturated carbocycles. The van der Waals surface area contributed by atoms with Crippen LogP contribution >= 0.6 is 11.3 Å². The first kappa shape index (κ1) is 15.7. The third-order valence-electron chi connectivity index (χ3n) is 3.86. The Morgan fingerprint density at radius 1 is 1.29 bits per heavy atom. The van der Waals surface area contributed by atoms with Crippen molar-refractivity contribution in [3.05, 3.63) is 57.3 Å². The van der Waals surface area contributed by atoms with E-state index in [0.29, 0.717) is 6.54 Å². The van der Waals surface area contributed by atoms with Gasteiger partial charge < -0.3 is 10.2 Å². The number of hydrogen-bond acceptors (Lipinski definition) is 3. The summed E-state index contributed by atoms with van der Waals surface area (Å²) in [6.45, 7) is 4.63. The molecule has 1 atom stereocenters. The number of benzene rings is 1. The van der Waals surface area contributed by atoms with Crippen molar-refractivity contribution in [1.82, 2.24) is 10.2 Å². The number of carbonyl (C=O) groups is 1. The van der Waals surface area contributed by atoms with E-state index in [1.54, 1.807) is 11.3 Å². The molecule has 0 aliphatic carbocycles. The summed E-state index contributed by atoms with van der Waals surface area (Å²) in [6, 6.07) is 8.15. The van der Waals surface area contributed by atoms with Crippen molar-refractivity contribution in [3.8, 4) is 0 Å². The summed E-state index contributed by atoms with van der Waals surface area (Å²) >= 11 is 1.68.